The number of carbonyl (C=O) groups is 9. The maximum atomic E-state index is 14.2. The van der Waals surface area contributed by atoms with Crippen molar-refractivity contribution in [2.45, 2.75) is 135 Å². The molecule has 0 saturated heterocycles. The van der Waals surface area contributed by atoms with Crippen LogP contribution in [-0.4, -0.2) is 114 Å². The minimum atomic E-state index is -1.38. The van der Waals surface area contributed by atoms with Crippen LogP contribution >= 0.6 is 0 Å². The highest BCUT2D eigenvalue weighted by atomic mass is 16.2. The van der Waals surface area contributed by atoms with Crippen molar-refractivity contribution < 1.29 is 43.2 Å². The van der Waals surface area contributed by atoms with Gasteiger partial charge in [0.05, 0.1) is 12.6 Å². The van der Waals surface area contributed by atoms with Crippen LogP contribution in [0.3, 0.4) is 0 Å². The lowest BCUT2D eigenvalue weighted by Gasteiger charge is -2.28. The van der Waals surface area contributed by atoms with Crippen LogP contribution < -0.4 is 49.1 Å². The fourth-order valence-corrected chi connectivity index (χ4v) is 6.86. The molecule has 19 heteroatoms. The number of hydrogen-bond acceptors (Lipinski definition) is 10. The topological polar surface area (TPSA) is 307 Å². The van der Waals surface area contributed by atoms with Gasteiger partial charge in [-0.25, -0.2) is 0 Å². The smallest absolute Gasteiger partial charge is 0.245 e. The average Bonchev–Trinajstić information content (AvgIpc) is 3.27. The van der Waals surface area contributed by atoms with Gasteiger partial charge in [0.1, 0.15) is 30.2 Å². The molecule has 65 heavy (non-hydrogen) atoms. The Morgan fingerprint density at radius 3 is 1.51 bits per heavy atom. The minimum Gasteiger partial charge on any atom is -0.370 e. The van der Waals surface area contributed by atoms with Crippen LogP contribution in [0, 0.1) is 5.92 Å². The van der Waals surface area contributed by atoms with Gasteiger partial charge >= 0.3 is 0 Å². The predicted molar refractivity (Wildman–Crippen MR) is 245 cm³/mol. The number of hydrogen-bond donors (Lipinski definition) is 9. The van der Waals surface area contributed by atoms with Gasteiger partial charge < -0.3 is 54.0 Å². The molecule has 2 rings (SSSR count). The number of rotatable bonds is 30. The molecule has 0 aliphatic rings. The molecule has 9 amide bonds. The van der Waals surface area contributed by atoms with Gasteiger partial charge in [0.25, 0.3) is 0 Å². The van der Waals surface area contributed by atoms with E-state index >= 15 is 0 Å². The van der Waals surface area contributed by atoms with Gasteiger partial charge in [0.15, 0.2) is 0 Å². The Hall–Kier alpha value is -6.37. The Labute approximate surface area is 381 Å². The molecule has 12 N–H and O–H groups in total. The van der Waals surface area contributed by atoms with Crippen LogP contribution in [0.15, 0.2) is 60.7 Å². The number of likely N-dealkylation sites (N-methyl/N-ethyl adjacent to an activating group) is 1. The van der Waals surface area contributed by atoms with Gasteiger partial charge in [-0.05, 0) is 56.6 Å². The summed E-state index contributed by atoms with van der Waals surface area (Å²) in [5.41, 5.74) is 17.8. The summed E-state index contributed by atoms with van der Waals surface area (Å²) in [6, 6.07) is 10.5. The second kappa shape index (κ2) is 29.1. The molecule has 0 heterocycles. The summed E-state index contributed by atoms with van der Waals surface area (Å²) >= 11 is 0. The van der Waals surface area contributed by atoms with Crippen LogP contribution in [0.5, 0.6) is 0 Å². The Morgan fingerprint density at radius 1 is 0.554 bits per heavy atom. The predicted octanol–water partition coefficient (Wildman–Crippen LogP) is -0.0250. The van der Waals surface area contributed by atoms with Gasteiger partial charge in [0, 0.05) is 38.8 Å². The maximum Gasteiger partial charge on any atom is 0.245 e. The highest BCUT2D eigenvalue weighted by molar-refractivity contribution is 5.97. The zero-order valence-corrected chi connectivity index (χ0v) is 38.4. The number of amides is 9. The molecule has 0 spiro atoms. The summed E-state index contributed by atoms with van der Waals surface area (Å²) in [4.78, 5) is 120. The molecular weight excluding hydrogens is 837 g/mol. The molecule has 358 valence electrons. The van der Waals surface area contributed by atoms with E-state index in [0.717, 1.165) is 6.42 Å². The molecule has 0 aliphatic carbocycles. The Kier molecular flexibility index (Phi) is 24.6. The third-order valence-corrected chi connectivity index (χ3v) is 10.5. The Bertz CT molecular complexity index is 1880. The fraction of sp³-hybridized carbons (Fsp3) is 0.543. The van der Waals surface area contributed by atoms with Gasteiger partial charge in [-0.15, -0.1) is 0 Å². The zero-order valence-electron chi connectivity index (χ0n) is 38.4. The SMILES string of the molecule is CCCC[C@H](NC(=O)[C@H](CC(C)C)NC(=O)CNC(=O)[C@H](Cc1ccccc1)NC(=O)[C@H](Cc1ccccc1)NC(=O)[C@H](CCC(N)=O)NC(=O)[C@@H](N)CCC(N)=O)C(=O)N(CC)CC. The molecule has 2 aromatic rings. The van der Waals surface area contributed by atoms with E-state index in [1.54, 1.807) is 65.6 Å². The van der Waals surface area contributed by atoms with Gasteiger partial charge in [-0.2, -0.15) is 0 Å². The van der Waals surface area contributed by atoms with E-state index in [0.29, 0.717) is 37.1 Å². The van der Waals surface area contributed by atoms with Crippen molar-refractivity contribution in [3.05, 3.63) is 71.8 Å². The first-order valence-corrected chi connectivity index (χ1v) is 22.4. The van der Waals surface area contributed by atoms with Crippen LogP contribution in [0.25, 0.3) is 0 Å². The van der Waals surface area contributed by atoms with Gasteiger partial charge in [-0.1, -0.05) is 94.3 Å². The molecular formula is C46H70N10O9. The first-order chi connectivity index (χ1) is 30.9. The monoisotopic (exact) mass is 907 g/mol. The lowest BCUT2D eigenvalue weighted by molar-refractivity contribution is -0.137. The molecule has 0 unspecified atom stereocenters. The van der Waals surface area contributed by atoms with Crippen molar-refractivity contribution in [3.8, 4) is 0 Å². The molecule has 2 aromatic carbocycles. The van der Waals surface area contributed by atoms with Crippen molar-refractivity contribution in [2.75, 3.05) is 19.6 Å². The molecule has 6 atom stereocenters. The first-order valence-electron chi connectivity index (χ1n) is 22.4. The Balaban J connectivity index is 2.35. The van der Waals surface area contributed by atoms with Crippen molar-refractivity contribution in [1.82, 2.24) is 36.8 Å². The van der Waals surface area contributed by atoms with Crippen molar-refractivity contribution in [3.63, 3.8) is 0 Å². The number of nitrogens with zero attached hydrogens (tertiary/aromatic N) is 1. The highest BCUT2D eigenvalue weighted by Gasteiger charge is 2.33. The van der Waals surface area contributed by atoms with Crippen molar-refractivity contribution >= 4 is 53.2 Å². The summed E-state index contributed by atoms with van der Waals surface area (Å²) in [6.45, 7) is 9.86. The Morgan fingerprint density at radius 2 is 1.02 bits per heavy atom. The molecule has 0 aliphatic heterocycles. The largest absolute Gasteiger partial charge is 0.370 e. The summed E-state index contributed by atoms with van der Waals surface area (Å²) in [5.74, 6) is -6.06. The van der Waals surface area contributed by atoms with E-state index < -0.39 is 90.1 Å². The third kappa shape index (κ3) is 20.8. The molecule has 0 bridgehead atoms. The number of nitrogens with two attached hydrogens (primary N) is 3. The standard InChI is InChI=1S/C46H70N10O9/c1-6-9-20-34(46(65)56(7-2)8-3)53-44(63)35(25-29(4)5)51-40(59)28-50-42(61)36(26-30-16-12-10-13-17-30)54-45(64)37(27-31-18-14-11-15-19-31)55-43(62)33(22-24-39(49)58)52-41(60)32(47)21-23-38(48)57/h10-19,29,32-37H,6-9,20-28,47H2,1-5H3,(H2,48,57)(H2,49,58)(H,50,61)(H,51,59)(H,52,60)(H,53,63)(H,54,64)(H,55,62)/t32-,33-,34-,35-,36-,37-/m0/s1. The van der Waals surface area contributed by atoms with E-state index in [-0.39, 0.29) is 56.8 Å². The van der Waals surface area contributed by atoms with Gasteiger partial charge in [-0.3, -0.25) is 43.2 Å². The average molecular weight is 907 g/mol. The second-order valence-corrected chi connectivity index (χ2v) is 16.4. The minimum absolute atomic E-state index is 0.0232. The zero-order chi connectivity index (χ0) is 48.5. The van der Waals surface area contributed by atoms with E-state index in [1.807, 2.05) is 34.6 Å². The molecule has 0 radical (unpaired) electrons. The maximum absolute atomic E-state index is 14.2. The van der Waals surface area contributed by atoms with Crippen molar-refractivity contribution in [2.24, 2.45) is 23.1 Å². The van der Waals surface area contributed by atoms with Crippen molar-refractivity contribution in [1.29, 1.82) is 0 Å². The number of carbonyl (C=O) groups excluding carboxylic acids is 9. The molecule has 0 aromatic heterocycles. The third-order valence-electron chi connectivity index (χ3n) is 10.5. The van der Waals surface area contributed by atoms with Crippen LogP contribution in [-0.2, 0) is 56.0 Å². The van der Waals surface area contributed by atoms with Gasteiger partial charge in [0.2, 0.25) is 53.2 Å². The number of nitrogens with one attached hydrogen (secondary N) is 6. The lowest BCUT2D eigenvalue weighted by atomic mass is 10.0. The normalized spacial score (nSPS) is 13.7. The molecule has 19 nitrogen and oxygen atoms in total. The number of unbranched alkanes of at least 4 members (excludes halogenated alkanes) is 1. The first kappa shape index (κ1) is 54.8. The second-order valence-electron chi connectivity index (χ2n) is 16.4. The number of primary amides is 2. The molecule has 0 fully saturated rings. The van der Waals surface area contributed by atoms with Crippen LogP contribution in [0.1, 0.15) is 97.1 Å². The van der Waals surface area contributed by atoms with E-state index in [2.05, 4.69) is 31.9 Å². The van der Waals surface area contributed by atoms with E-state index in [9.17, 15) is 43.2 Å². The van der Waals surface area contributed by atoms with Crippen LogP contribution in [0.4, 0.5) is 0 Å². The van der Waals surface area contributed by atoms with E-state index in [4.69, 9.17) is 17.2 Å². The summed E-state index contributed by atoms with van der Waals surface area (Å²) in [7, 11) is 0. The van der Waals surface area contributed by atoms with E-state index in [1.165, 1.54) is 0 Å². The highest BCUT2D eigenvalue weighted by Crippen LogP contribution is 2.11. The summed E-state index contributed by atoms with van der Waals surface area (Å²) in [6.07, 6.45) is 1.26. The quantitative estimate of drug-likeness (QED) is 0.0505. The molecule has 0 saturated carbocycles. The fourth-order valence-electron chi connectivity index (χ4n) is 6.86. The summed E-state index contributed by atoms with van der Waals surface area (Å²) in [5, 5.41) is 16.0. The number of benzene rings is 2. The summed E-state index contributed by atoms with van der Waals surface area (Å²) < 4.78 is 0. The lowest BCUT2D eigenvalue weighted by Crippen LogP contribution is -2.59. The van der Waals surface area contributed by atoms with Crippen LogP contribution in [0.2, 0.25) is 0 Å².